The summed E-state index contributed by atoms with van der Waals surface area (Å²) in [7, 11) is 4.81. The van der Waals surface area contributed by atoms with E-state index in [4.69, 9.17) is 14.2 Å². The number of amides is 2. The van der Waals surface area contributed by atoms with E-state index in [0.29, 0.717) is 30.3 Å². The number of nitrogens with one attached hydrogen (secondary N) is 1. The van der Waals surface area contributed by atoms with Gasteiger partial charge in [-0.15, -0.1) is 0 Å². The summed E-state index contributed by atoms with van der Waals surface area (Å²) in [5.41, 5.74) is 4.02. The Morgan fingerprint density at radius 3 is 2.07 bits per heavy atom. The molecule has 0 aliphatic carbocycles. The molecule has 2 aromatic carbocycles. The van der Waals surface area contributed by atoms with Crippen LogP contribution in [-0.4, -0.2) is 58.4 Å². The Labute approximate surface area is 172 Å². The summed E-state index contributed by atoms with van der Waals surface area (Å²) in [6, 6.07) is 9.87. The van der Waals surface area contributed by atoms with Gasteiger partial charge in [-0.3, -0.25) is 0 Å². The molecule has 1 aliphatic heterocycles. The summed E-state index contributed by atoms with van der Waals surface area (Å²) in [4.78, 5) is 16.8. The second-order valence-corrected chi connectivity index (χ2v) is 7.11. The SMILES string of the molecule is COc1cc(N2CCN(C(=O)Nc3cc(C)ccc3C)CC2)cc(OC)c1OC. The van der Waals surface area contributed by atoms with Gasteiger partial charge < -0.3 is 29.3 Å². The number of nitrogens with zero attached hydrogens (tertiary/aromatic N) is 2. The normalized spacial score (nSPS) is 13.8. The summed E-state index contributed by atoms with van der Waals surface area (Å²) in [6.07, 6.45) is 0. The molecule has 0 atom stereocenters. The van der Waals surface area contributed by atoms with Gasteiger partial charge in [0, 0.05) is 49.7 Å². The molecular formula is C22H29N3O4. The van der Waals surface area contributed by atoms with Crippen LogP contribution >= 0.6 is 0 Å². The third-order valence-electron chi connectivity index (χ3n) is 5.22. The maximum absolute atomic E-state index is 12.7. The first-order valence-corrected chi connectivity index (χ1v) is 9.65. The average molecular weight is 399 g/mol. The molecule has 7 heteroatoms. The molecule has 0 spiro atoms. The van der Waals surface area contributed by atoms with Gasteiger partial charge in [-0.25, -0.2) is 4.79 Å². The fourth-order valence-corrected chi connectivity index (χ4v) is 3.48. The Morgan fingerprint density at radius 2 is 1.52 bits per heavy atom. The van der Waals surface area contributed by atoms with E-state index in [1.54, 1.807) is 21.3 Å². The largest absolute Gasteiger partial charge is 0.493 e. The van der Waals surface area contributed by atoms with E-state index >= 15 is 0 Å². The third kappa shape index (κ3) is 4.50. The first kappa shape index (κ1) is 20.6. The van der Waals surface area contributed by atoms with Crippen LogP contribution in [0.1, 0.15) is 11.1 Å². The first-order valence-electron chi connectivity index (χ1n) is 9.65. The Morgan fingerprint density at radius 1 is 0.897 bits per heavy atom. The molecule has 7 nitrogen and oxygen atoms in total. The number of hydrogen-bond acceptors (Lipinski definition) is 5. The summed E-state index contributed by atoms with van der Waals surface area (Å²) >= 11 is 0. The number of carbonyl (C=O) groups excluding carboxylic acids is 1. The Kier molecular flexibility index (Phi) is 6.36. The zero-order valence-corrected chi connectivity index (χ0v) is 17.7. The minimum absolute atomic E-state index is 0.0664. The lowest BCUT2D eigenvalue weighted by molar-refractivity contribution is 0.208. The highest BCUT2D eigenvalue weighted by Crippen LogP contribution is 2.41. The van der Waals surface area contributed by atoms with Crippen molar-refractivity contribution in [3.05, 3.63) is 41.5 Å². The number of hydrogen-bond donors (Lipinski definition) is 1. The Balaban J connectivity index is 1.67. The lowest BCUT2D eigenvalue weighted by Crippen LogP contribution is -2.50. The van der Waals surface area contributed by atoms with Crippen LogP contribution in [0.15, 0.2) is 30.3 Å². The number of piperazine rings is 1. The Hall–Kier alpha value is -3.09. The van der Waals surface area contributed by atoms with Crippen molar-refractivity contribution in [1.29, 1.82) is 0 Å². The van der Waals surface area contributed by atoms with Crippen molar-refractivity contribution in [3.63, 3.8) is 0 Å². The molecule has 0 aromatic heterocycles. The molecule has 1 aliphatic rings. The number of carbonyl (C=O) groups is 1. The molecule has 1 heterocycles. The van der Waals surface area contributed by atoms with E-state index in [2.05, 4.69) is 10.2 Å². The van der Waals surface area contributed by atoms with Gasteiger partial charge in [-0.1, -0.05) is 12.1 Å². The fourth-order valence-electron chi connectivity index (χ4n) is 3.48. The molecule has 156 valence electrons. The van der Waals surface area contributed by atoms with Gasteiger partial charge in [0.2, 0.25) is 5.75 Å². The molecule has 1 N–H and O–H groups in total. The number of benzene rings is 2. The van der Waals surface area contributed by atoms with Crippen LogP contribution in [0.25, 0.3) is 0 Å². The maximum Gasteiger partial charge on any atom is 0.321 e. The zero-order valence-electron chi connectivity index (χ0n) is 17.7. The first-order chi connectivity index (χ1) is 14.0. The van der Waals surface area contributed by atoms with Gasteiger partial charge in [0.05, 0.1) is 21.3 Å². The highest BCUT2D eigenvalue weighted by atomic mass is 16.5. The topological polar surface area (TPSA) is 63.3 Å². The van der Waals surface area contributed by atoms with Gasteiger partial charge in [0.25, 0.3) is 0 Å². The molecule has 0 radical (unpaired) electrons. The predicted molar refractivity (Wildman–Crippen MR) is 115 cm³/mol. The summed E-state index contributed by atoms with van der Waals surface area (Å²) in [5, 5.41) is 3.04. The average Bonchev–Trinajstić information content (AvgIpc) is 2.75. The van der Waals surface area contributed by atoms with E-state index < -0.39 is 0 Å². The molecule has 2 amide bonds. The molecule has 0 saturated carbocycles. The van der Waals surface area contributed by atoms with Crippen molar-refractivity contribution >= 4 is 17.4 Å². The van der Waals surface area contributed by atoms with E-state index in [1.165, 1.54) is 0 Å². The van der Waals surface area contributed by atoms with E-state index in [9.17, 15) is 4.79 Å². The van der Waals surface area contributed by atoms with Crippen molar-refractivity contribution in [2.24, 2.45) is 0 Å². The quantitative estimate of drug-likeness (QED) is 0.831. The number of methoxy groups -OCH3 is 3. The zero-order chi connectivity index (χ0) is 21.0. The van der Waals surface area contributed by atoms with Gasteiger partial charge in [0.15, 0.2) is 11.5 Å². The minimum atomic E-state index is -0.0664. The standard InChI is InChI=1S/C22H29N3O4/c1-15-6-7-16(2)18(12-15)23-22(26)25-10-8-24(9-11-25)17-13-19(27-3)21(29-5)20(14-17)28-4/h6-7,12-14H,8-11H2,1-5H3,(H,23,26). The molecule has 1 saturated heterocycles. The lowest BCUT2D eigenvalue weighted by Gasteiger charge is -2.36. The van der Waals surface area contributed by atoms with Crippen LogP contribution in [0, 0.1) is 13.8 Å². The summed E-state index contributed by atoms with van der Waals surface area (Å²) in [6.45, 7) is 6.72. The van der Waals surface area contributed by atoms with Gasteiger partial charge in [0.1, 0.15) is 0 Å². The predicted octanol–water partition coefficient (Wildman–Crippen LogP) is 3.68. The highest BCUT2D eigenvalue weighted by Gasteiger charge is 2.24. The van der Waals surface area contributed by atoms with Crippen molar-refractivity contribution in [2.75, 3.05) is 57.7 Å². The number of rotatable bonds is 5. The molecule has 3 rings (SSSR count). The van der Waals surface area contributed by atoms with Crippen molar-refractivity contribution in [1.82, 2.24) is 4.90 Å². The molecule has 0 bridgehead atoms. The summed E-state index contributed by atoms with van der Waals surface area (Å²) in [5.74, 6) is 1.82. The molecule has 2 aromatic rings. The number of anilines is 2. The maximum atomic E-state index is 12.7. The monoisotopic (exact) mass is 399 g/mol. The molecular weight excluding hydrogens is 370 g/mol. The second-order valence-electron chi connectivity index (χ2n) is 7.11. The summed E-state index contributed by atoms with van der Waals surface area (Å²) < 4.78 is 16.3. The molecule has 1 fully saturated rings. The van der Waals surface area contributed by atoms with Crippen LogP contribution in [0.3, 0.4) is 0 Å². The van der Waals surface area contributed by atoms with E-state index in [1.807, 2.05) is 49.1 Å². The number of urea groups is 1. The van der Waals surface area contributed by atoms with Crippen LogP contribution in [0.4, 0.5) is 16.2 Å². The van der Waals surface area contributed by atoms with Gasteiger partial charge >= 0.3 is 6.03 Å². The Bertz CT molecular complexity index is 851. The molecule has 29 heavy (non-hydrogen) atoms. The van der Waals surface area contributed by atoms with Crippen molar-refractivity contribution in [2.45, 2.75) is 13.8 Å². The van der Waals surface area contributed by atoms with Crippen molar-refractivity contribution in [3.8, 4) is 17.2 Å². The van der Waals surface area contributed by atoms with Crippen LogP contribution in [-0.2, 0) is 0 Å². The van der Waals surface area contributed by atoms with Gasteiger partial charge in [-0.05, 0) is 31.0 Å². The van der Waals surface area contributed by atoms with Gasteiger partial charge in [-0.2, -0.15) is 0 Å². The van der Waals surface area contributed by atoms with E-state index in [0.717, 1.165) is 35.6 Å². The smallest absolute Gasteiger partial charge is 0.321 e. The third-order valence-corrected chi connectivity index (χ3v) is 5.22. The fraction of sp³-hybridized carbons (Fsp3) is 0.409. The minimum Gasteiger partial charge on any atom is -0.493 e. The van der Waals surface area contributed by atoms with Crippen molar-refractivity contribution < 1.29 is 19.0 Å². The van der Waals surface area contributed by atoms with Crippen LogP contribution in [0.5, 0.6) is 17.2 Å². The van der Waals surface area contributed by atoms with E-state index in [-0.39, 0.29) is 6.03 Å². The molecule has 0 unspecified atom stereocenters. The van der Waals surface area contributed by atoms with Crippen LogP contribution in [0.2, 0.25) is 0 Å². The van der Waals surface area contributed by atoms with Crippen LogP contribution < -0.4 is 24.4 Å². The highest BCUT2D eigenvalue weighted by molar-refractivity contribution is 5.90. The number of ether oxygens (including phenoxy) is 3. The second kappa shape index (κ2) is 8.94. The lowest BCUT2D eigenvalue weighted by atomic mass is 10.1. The number of aryl methyl sites for hydroxylation is 2.